The molecule has 0 spiro atoms. The summed E-state index contributed by atoms with van der Waals surface area (Å²) in [6.45, 7) is 15.6. The van der Waals surface area contributed by atoms with Crippen LogP contribution in [0.25, 0.3) is 0 Å². The first-order chi connectivity index (χ1) is 40.7. The number of rotatable bonds is 12. The minimum absolute atomic E-state index is 0.0943. The van der Waals surface area contributed by atoms with Gasteiger partial charge in [-0.15, -0.1) is 0 Å². The number of aromatic nitrogens is 2. The van der Waals surface area contributed by atoms with Crippen molar-refractivity contribution in [2.75, 3.05) is 41.4 Å². The fourth-order valence-corrected chi connectivity index (χ4v) is 29.7. The fourth-order valence-electron chi connectivity index (χ4n) is 25.9. The third kappa shape index (κ3) is 11.6. The molecule has 9 nitrogen and oxygen atoms in total. The molecule has 0 aliphatic heterocycles. The maximum Gasteiger partial charge on any atom is 0.157 e. The molecule has 0 radical (unpaired) electrons. The number of aliphatic hydroxyl groups is 3. The summed E-state index contributed by atoms with van der Waals surface area (Å²) in [5.74, 6) is 14.6. The first kappa shape index (κ1) is 66.6. The van der Waals surface area contributed by atoms with Gasteiger partial charge in [0.1, 0.15) is 17.6 Å². The molecule has 1 unspecified atom stereocenters. The van der Waals surface area contributed by atoms with Gasteiger partial charge in [-0.05, 0) is 341 Å². The molecular weight excluding hydrogens is 1190 g/mol. The van der Waals surface area contributed by atoms with Gasteiger partial charge in [-0.1, -0.05) is 36.7 Å². The zero-order chi connectivity index (χ0) is 61.6. The molecule has 3 N–H and O–H groups in total. The molecule has 1 heterocycles. The van der Waals surface area contributed by atoms with Crippen LogP contribution in [0.4, 0.5) is 0 Å². The van der Waals surface area contributed by atoms with Crippen molar-refractivity contribution in [3.63, 3.8) is 0 Å². The van der Waals surface area contributed by atoms with Crippen LogP contribution >= 0.6 is 51.2 Å². The summed E-state index contributed by atoms with van der Waals surface area (Å²) in [5, 5.41) is 46.2. The first-order valence-electron chi connectivity index (χ1n) is 34.9. The Morgan fingerprint density at radius 2 is 0.884 bits per heavy atom. The molecule has 86 heavy (non-hydrogen) atoms. The normalized spacial score (nSPS) is 49.5. The van der Waals surface area contributed by atoms with Crippen molar-refractivity contribution >= 4 is 68.6 Å². The fraction of sp³-hybridized carbons (Fsp3) is 0.904. The quantitative estimate of drug-likeness (QED) is 0.171. The summed E-state index contributed by atoms with van der Waals surface area (Å²) in [6, 6.07) is 2.10. The number of nitriles is 1. The van der Waals surface area contributed by atoms with E-state index in [0.717, 1.165) is 112 Å². The predicted octanol–water partition coefficient (Wildman–Crippen LogP) is 16.1. The number of hydrogen-bond donors (Lipinski definition) is 3. The van der Waals surface area contributed by atoms with Gasteiger partial charge in [0.2, 0.25) is 0 Å². The summed E-state index contributed by atoms with van der Waals surface area (Å²) in [5.41, 5.74) is 0.961. The van der Waals surface area contributed by atoms with E-state index in [2.05, 4.69) is 80.5 Å². The van der Waals surface area contributed by atoms with Gasteiger partial charge in [-0.2, -0.15) is 45.6 Å². The molecule has 12 fully saturated rings. The van der Waals surface area contributed by atoms with Crippen LogP contribution in [0, 0.1) is 133 Å². The highest BCUT2D eigenvalue weighted by Gasteiger charge is 2.66. The van der Waals surface area contributed by atoms with Crippen LogP contribution in [0.15, 0.2) is 12.4 Å². The first-order valence-corrected chi connectivity index (χ1v) is 40.2. The average molecular weight is 1310 g/mol. The number of hydrogen-bond acceptors (Lipinski definition) is 11. The molecule has 482 valence electrons. The van der Waals surface area contributed by atoms with Crippen LogP contribution in [-0.2, 0) is 20.9 Å². The van der Waals surface area contributed by atoms with E-state index in [1.54, 1.807) is 17.1 Å². The lowest BCUT2D eigenvalue weighted by molar-refractivity contribution is -0.149. The van der Waals surface area contributed by atoms with Gasteiger partial charge in [-0.3, -0.25) is 19.1 Å². The largest absolute Gasteiger partial charge is 0.390 e. The molecule has 12 aliphatic rings. The number of thioether (sulfide) groups is 3. The van der Waals surface area contributed by atoms with Crippen LogP contribution in [0.3, 0.4) is 0 Å². The number of carbonyl (C=O) groups is 3. The Balaban J connectivity index is 0.000000135. The summed E-state index contributed by atoms with van der Waals surface area (Å²) < 4.78 is 1.65. The van der Waals surface area contributed by atoms with Crippen LogP contribution < -0.4 is 0 Å². The maximum atomic E-state index is 13.4. The zero-order valence-corrected chi connectivity index (χ0v) is 59.0. The third-order valence-electron chi connectivity index (χ3n) is 29.7. The van der Waals surface area contributed by atoms with Gasteiger partial charge in [0.05, 0.1) is 40.4 Å². The summed E-state index contributed by atoms with van der Waals surface area (Å²) >= 11 is 9.52. The van der Waals surface area contributed by atoms with Crippen molar-refractivity contribution in [1.82, 2.24) is 9.78 Å². The number of halogens is 1. The SMILES string of the molecule is CSC[C@]12CC[C@@](C)(O)C[C@H]1CC[C@@H]1[C@@H]2CC[C@]2(C)C(C(=O)Cn3cc(C#N)cn3)CC[C@@H]12.CSC[C@]12CC[C@@](C)(O)C[C@H]1CC[C@H]1[C@@H]3CC[C@H](C(=O)CBr)[C@@]3(C)CC[C@@H]12.CSC[C@]12CC[C@@](C)(O)C[C@H]1CC[C@H]1[C@@H]3CC[C@H](C(C)=O)[C@@]3(C)CC[C@@H]12. The van der Waals surface area contributed by atoms with Crippen LogP contribution in [0.5, 0.6) is 0 Å². The van der Waals surface area contributed by atoms with Gasteiger partial charge >= 0.3 is 0 Å². The molecular formula is C73H114BrN3O6S3. The number of nitrogens with zero attached hydrogens (tertiary/aromatic N) is 3. The Labute approximate surface area is 541 Å². The summed E-state index contributed by atoms with van der Waals surface area (Å²) in [6.07, 6.45) is 41.7. The lowest BCUT2D eigenvalue weighted by Gasteiger charge is -2.62. The second kappa shape index (κ2) is 25.1. The molecule has 13 rings (SSSR count). The number of Topliss-reactive ketones (excluding diaryl/α,β-unsaturated/α-hetero) is 3. The van der Waals surface area contributed by atoms with Crippen LogP contribution in [0.2, 0.25) is 0 Å². The van der Waals surface area contributed by atoms with Crippen molar-refractivity contribution in [2.24, 2.45) is 121 Å². The third-order valence-corrected chi connectivity index (χ3v) is 32.7. The van der Waals surface area contributed by atoms with E-state index in [-0.39, 0.29) is 34.6 Å². The maximum absolute atomic E-state index is 13.4. The van der Waals surface area contributed by atoms with Crippen molar-refractivity contribution < 1.29 is 29.7 Å². The highest BCUT2D eigenvalue weighted by atomic mass is 79.9. The Bertz CT molecular complexity index is 2670. The summed E-state index contributed by atoms with van der Waals surface area (Å²) in [7, 11) is 0. The molecule has 13 heteroatoms. The van der Waals surface area contributed by atoms with Gasteiger partial charge in [0, 0.05) is 24.0 Å². The van der Waals surface area contributed by atoms with Crippen molar-refractivity contribution in [1.29, 1.82) is 5.26 Å². The Morgan fingerprint density at radius 1 is 0.523 bits per heavy atom. The smallest absolute Gasteiger partial charge is 0.157 e. The lowest BCUT2D eigenvalue weighted by atomic mass is 9.44. The van der Waals surface area contributed by atoms with Crippen molar-refractivity contribution in [2.45, 2.75) is 245 Å². The number of alkyl halides is 1. The summed E-state index contributed by atoms with van der Waals surface area (Å²) in [4.78, 5) is 38.3. The van der Waals surface area contributed by atoms with Gasteiger partial charge in [0.15, 0.2) is 5.78 Å². The van der Waals surface area contributed by atoms with Gasteiger partial charge in [-0.25, -0.2) is 0 Å². The van der Waals surface area contributed by atoms with E-state index >= 15 is 0 Å². The molecule has 0 saturated heterocycles. The number of carbonyl (C=O) groups excluding carboxylic acids is 3. The lowest BCUT2D eigenvalue weighted by Crippen LogP contribution is -2.58. The molecule has 1 aromatic heterocycles. The van der Waals surface area contributed by atoms with E-state index in [4.69, 9.17) is 5.26 Å². The predicted molar refractivity (Wildman–Crippen MR) is 357 cm³/mol. The number of ketones is 3. The monoisotopic (exact) mass is 1300 g/mol. The van der Waals surface area contributed by atoms with E-state index < -0.39 is 16.8 Å². The molecule has 12 aliphatic carbocycles. The second-order valence-corrected chi connectivity index (χ2v) is 37.0. The minimum atomic E-state index is -0.495. The molecule has 0 bridgehead atoms. The Morgan fingerprint density at radius 3 is 1.22 bits per heavy atom. The van der Waals surface area contributed by atoms with Crippen LogP contribution in [0.1, 0.15) is 227 Å². The Hall–Kier alpha value is -0.880. The average Bonchev–Trinajstić information content (AvgIpc) is 1.26. The molecule has 0 aromatic carbocycles. The van der Waals surface area contributed by atoms with E-state index in [1.165, 1.54) is 126 Å². The van der Waals surface area contributed by atoms with E-state index in [0.29, 0.717) is 74.1 Å². The van der Waals surface area contributed by atoms with Crippen LogP contribution in [-0.4, -0.2) is 101 Å². The topological polar surface area (TPSA) is 154 Å². The Kier molecular flexibility index (Phi) is 19.4. The highest BCUT2D eigenvalue weighted by Crippen LogP contribution is 2.72. The van der Waals surface area contributed by atoms with Gasteiger partial charge < -0.3 is 15.3 Å². The minimum Gasteiger partial charge on any atom is -0.390 e. The molecule has 12 saturated carbocycles. The van der Waals surface area contributed by atoms with E-state index in [1.807, 2.05) is 49.1 Å². The zero-order valence-electron chi connectivity index (χ0n) is 55.0. The number of fused-ring (bicyclic) bond motifs is 15. The molecule has 24 atom stereocenters. The van der Waals surface area contributed by atoms with Crippen molar-refractivity contribution in [3.8, 4) is 6.07 Å². The van der Waals surface area contributed by atoms with E-state index in [9.17, 15) is 29.7 Å². The molecule has 0 amide bonds. The van der Waals surface area contributed by atoms with Gasteiger partial charge in [0.25, 0.3) is 0 Å². The second-order valence-electron chi connectivity index (χ2n) is 33.8. The highest BCUT2D eigenvalue weighted by molar-refractivity contribution is 9.09. The molecule has 1 aromatic rings. The van der Waals surface area contributed by atoms with Crippen molar-refractivity contribution in [3.05, 3.63) is 18.0 Å². The standard InChI is InChI=1S/C27H39N3O2S.C23H37BrO2S.C23H38O2S/c1-25(32)10-11-27(17-33-3)19(12-25)4-5-20-21-6-7-23(26(21,2)9-8-22(20)27)24(31)16-30-15-18(13-28)14-29-30;1-21(26)10-11-23(14-27-3)15(12-21)4-5-16-17-6-7-19(20(25)13-24)22(17,2)9-8-18(16)23;1-15(24)18-7-8-19-17-6-5-16-13-21(2,25)11-12-23(16,14-26-4)20(17)9-10-22(18,19)3/h14-15,19-23,32H,4-12,16-17H2,1-3H3;15-19,26H,4-14H2,1-3H3;16-20,25H,5-14H2,1-4H3/t19-,20+,21+,22+,23?,25-,26+,27-;15-,16+,17+,18+,19-,21-,22+,23-;16-,17+,18-,19+,20+,21-,22-,23-/m111/s1.